The first-order valence-electron chi connectivity index (χ1n) is 9.81. The van der Waals surface area contributed by atoms with Gasteiger partial charge in [-0.15, -0.1) is 0 Å². The van der Waals surface area contributed by atoms with Crippen molar-refractivity contribution in [2.24, 2.45) is 11.8 Å². The molecule has 1 amide bonds. The molecule has 2 heterocycles. The Hall–Kier alpha value is -2.66. The van der Waals surface area contributed by atoms with Gasteiger partial charge in [0.1, 0.15) is 6.07 Å². The second-order valence-corrected chi connectivity index (χ2v) is 8.08. The zero-order chi connectivity index (χ0) is 20.3. The summed E-state index contributed by atoms with van der Waals surface area (Å²) in [7, 11) is 0. The first-order valence-corrected chi connectivity index (χ1v) is 9.81. The van der Waals surface area contributed by atoms with Gasteiger partial charge in [-0.25, -0.2) is 0 Å². The number of hydrogen-bond acceptors (Lipinski definition) is 6. The van der Waals surface area contributed by atoms with Crippen molar-refractivity contribution in [1.82, 2.24) is 9.80 Å². The molecule has 2 aliphatic rings. The van der Waals surface area contributed by atoms with Crippen LogP contribution in [0, 0.1) is 33.3 Å². The number of benzene rings is 1. The highest BCUT2D eigenvalue weighted by Gasteiger charge is 2.28. The number of nitrogens with zero attached hydrogens (tertiary/aromatic N) is 5. The zero-order valence-corrected chi connectivity index (χ0v) is 16.5. The van der Waals surface area contributed by atoms with Crippen LogP contribution in [0.2, 0.25) is 0 Å². The molecule has 1 aromatic rings. The lowest BCUT2D eigenvalue weighted by Crippen LogP contribution is -2.52. The van der Waals surface area contributed by atoms with E-state index < -0.39 is 4.92 Å². The Morgan fingerprint density at radius 3 is 2.43 bits per heavy atom. The van der Waals surface area contributed by atoms with Gasteiger partial charge in [0, 0.05) is 51.4 Å². The number of hydrogen-bond donors (Lipinski definition) is 0. The van der Waals surface area contributed by atoms with Crippen molar-refractivity contribution in [3.8, 4) is 6.07 Å². The molecular weight excluding hydrogens is 358 g/mol. The van der Waals surface area contributed by atoms with Gasteiger partial charge in [0.05, 0.1) is 22.7 Å². The Morgan fingerprint density at radius 2 is 1.86 bits per heavy atom. The number of piperazine rings is 1. The van der Waals surface area contributed by atoms with Gasteiger partial charge in [-0.2, -0.15) is 5.26 Å². The van der Waals surface area contributed by atoms with Gasteiger partial charge in [0.2, 0.25) is 5.91 Å². The summed E-state index contributed by atoms with van der Waals surface area (Å²) in [6.07, 6.45) is 1.18. The molecule has 0 radical (unpaired) electrons. The van der Waals surface area contributed by atoms with Gasteiger partial charge >= 0.3 is 0 Å². The highest BCUT2D eigenvalue weighted by molar-refractivity contribution is 5.78. The molecule has 8 nitrogen and oxygen atoms in total. The molecule has 2 unspecified atom stereocenters. The predicted octanol–water partition coefficient (Wildman–Crippen LogP) is 2.09. The quantitative estimate of drug-likeness (QED) is 0.582. The molecule has 8 heteroatoms. The smallest absolute Gasteiger partial charge is 0.270 e. The fraction of sp³-hybridized carbons (Fsp3) is 0.600. The molecule has 1 aromatic carbocycles. The molecule has 0 aliphatic carbocycles. The van der Waals surface area contributed by atoms with Crippen molar-refractivity contribution in [1.29, 1.82) is 5.26 Å². The number of carbonyl (C=O) groups excluding carboxylic acids is 1. The summed E-state index contributed by atoms with van der Waals surface area (Å²) in [6, 6.07) is 6.47. The fourth-order valence-corrected chi connectivity index (χ4v) is 4.31. The lowest BCUT2D eigenvalue weighted by molar-refractivity contribution is -0.384. The van der Waals surface area contributed by atoms with E-state index in [0.717, 1.165) is 31.9 Å². The minimum atomic E-state index is -0.490. The molecule has 28 heavy (non-hydrogen) atoms. The topological polar surface area (TPSA) is 93.7 Å². The molecule has 0 spiro atoms. The van der Waals surface area contributed by atoms with Crippen LogP contribution in [0.1, 0.15) is 25.8 Å². The molecule has 3 rings (SSSR count). The van der Waals surface area contributed by atoms with Gasteiger partial charge < -0.3 is 9.80 Å². The van der Waals surface area contributed by atoms with E-state index in [9.17, 15) is 20.2 Å². The maximum absolute atomic E-state index is 12.7. The predicted molar refractivity (Wildman–Crippen MR) is 106 cm³/mol. The maximum Gasteiger partial charge on any atom is 0.270 e. The highest BCUT2D eigenvalue weighted by Crippen LogP contribution is 2.26. The van der Waals surface area contributed by atoms with E-state index in [1.54, 1.807) is 6.07 Å². The third kappa shape index (κ3) is 4.60. The molecule has 0 bridgehead atoms. The molecule has 2 aliphatic heterocycles. The summed E-state index contributed by atoms with van der Waals surface area (Å²) in [4.78, 5) is 29.3. The van der Waals surface area contributed by atoms with E-state index in [0.29, 0.717) is 37.0 Å². The molecule has 0 N–H and O–H groups in total. The normalized spacial score (nSPS) is 23.3. The number of anilines is 1. The maximum atomic E-state index is 12.7. The summed E-state index contributed by atoms with van der Waals surface area (Å²) in [5.41, 5.74) is 0.960. The van der Waals surface area contributed by atoms with Gasteiger partial charge in [0.15, 0.2) is 0 Å². The molecular formula is C20H27N5O3. The Labute approximate surface area is 165 Å². The third-order valence-corrected chi connectivity index (χ3v) is 5.60. The number of likely N-dealkylation sites (tertiary alicyclic amines) is 1. The largest absolute Gasteiger partial charge is 0.368 e. The number of amides is 1. The highest BCUT2D eigenvalue weighted by atomic mass is 16.6. The molecule has 150 valence electrons. The minimum Gasteiger partial charge on any atom is -0.368 e. The van der Waals surface area contributed by atoms with Crippen LogP contribution in [0.4, 0.5) is 11.4 Å². The van der Waals surface area contributed by atoms with Crippen LogP contribution < -0.4 is 4.90 Å². The van der Waals surface area contributed by atoms with Crippen LogP contribution in [0.25, 0.3) is 0 Å². The molecule has 0 aromatic heterocycles. The lowest BCUT2D eigenvalue weighted by atomic mass is 9.92. The fourth-order valence-electron chi connectivity index (χ4n) is 4.31. The molecule has 2 saturated heterocycles. The van der Waals surface area contributed by atoms with Crippen molar-refractivity contribution in [2.75, 3.05) is 50.7 Å². The van der Waals surface area contributed by atoms with Crippen molar-refractivity contribution < 1.29 is 9.72 Å². The second-order valence-electron chi connectivity index (χ2n) is 8.08. The van der Waals surface area contributed by atoms with Crippen LogP contribution >= 0.6 is 0 Å². The Kier molecular flexibility index (Phi) is 6.15. The van der Waals surface area contributed by atoms with E-state index in [1.165, 1.54) is 18.6 Å². The Morgan fingerprint density at radius 1 is 1.21 bits per heavy atom. The van der Waals surface area contributed by atoms with E-state index in [2.05, 4.69) is 29.7 Å². The van der Waals surface area contributed by atoms with Gasteiger partial charge in [0.25, 0.3) is 5.69 Å². The van der Waals surface area contributed by atoms with Crippen molar-refractivity contribution in [3.63, 3.8) is 0 Å². The molecule has 0 saturated carbocycles. The lowest BCUT2D eigenvalue weighted by Gasteiger charge is -2.39. The summed E-state index contributed by atoms with van der Waals surface area (Å²) < 4.78 is 0. The van der Waals surface area contributed by atoms with Gasteiger partial charge in [-0.1, -0.05) is 13.8 Å². The number of non-ortho nitro benzene ring substituents is 1. The SMILES string of the molecule is CC1CC(C)CN(C(=O)CN2CCN(c3ccc([N+](=O)[O-])cc3C#N)CC2)C1. The van der Waals surface area contributed by atoms with E-state index in [-0.39, 0.29) is 11.6 Å². The number of nitro groups is 1. The monoisotopic (exact) mass is 385 g/mol. The second kappa shape index (κ2) is 8.57. The minimum absolute atomic E-state index is 0.0745. The number of piperidine rings is 1. The van der Waals surface area contributed by atoms with Crippen molar-refractivity contribution in [2.45, 2.75) is 20.3 Å². The Balaban J connectivity index is 1.57. The summed E-state index contributed by atoms with van der Waals surface area (Å²) in [5, 5.41) is 20.3. The van der Waals surface area contributed by atoms with Crippen LogP contribution in [-0.2, 0) is 4.79 Å². The van der Waals surface area contributed by atoms with Crippen molar-refractivity contribution in [3.05, 3.63) is 33.9 Å². The standard InChI is InChI=1S/C20H27N5O3/c1-15-9-16(2)13-24(12-15)20(26)14-22-5-7-23(8-6-22)19-4-3-18(25(27)28)10-17(19)11-21/h3-4,10,15-16H,5-9,12-14H2,1-2H3. The summed E-state index contributed by atoms with van der Waals surface area (Å²) >= 11 is 0. The van der Waals surface area contributed by atoms with Crippen molar-refractivity contribution >= 4 is 17.3 Å². The van der Waals surface area contributed by atoms with Crippen LogP contribution in [-0.4, -0.2) is 66.4 Å². The third-order valence-electron chi connectivity index (χ3n) is 5.60. The first kappa shape index (κ1) is 20.1. The van der Waals surface area contributed by atoms with Crippen LogP contribution in [0.15, 0.2) is 18.2 Å². The summed E-state index contributed by atoms with van der Waals surface area (Å²) in [5.74, 6) is 1.30. The average molecular weight is 385 g/mol. The van der Waals surface area contributed by atoms with Gasteiger partial charge in [-0.05, 0) is 24.3 Å². The summed E-state index contributed by atoms with van der Waals surface area (Å²) in [6.45, 7) is 9.35. The van der Waals surface area contributed by atoms with Crippen LogP contribution in [0.5, 0.6) is 0 Å². The van der Waals surface area contributed by atoms with Gasteiger partial charge in [-0.3, -0.25) is 19.8 Å². The van der Waals surface area contributed by atoms with Crippen LogP contribution in [0.3, 0.4) is 0 Å². The molecule has 2 atom stereocenters. The number of nitro benzene ring substituents is 1. The number of nitriles is 1. The Bertz CT molecular complexity index is 773. The van der Waals surface area contributed by atoms with E-state index in [1.807, 2.05) is 4.90 Å². The number of rotatable bonds is 4. The average Bonchev–Trinajstić information content (AvgIpc) is 2.67. The van der Waals surface area contributed by atoms with E-state index in [4.69, 9.17) is 0 Å². The molecule has 2 fully saturated rings. The van der Waals surface area contributed by atoms with E-state index >= 15 is 0 Å². The zero-order valence-electron chi connectivity index (χ0n) is 16.5. The number of carbonyl (C=O) groups is 1. The first-order chi connectivity index (χ1) is 13.4.